The predicted molar refractivity (Wildman–Crippen MR) is 137 cm³/mol. The summed E-state index contributed by atoms with van der Waals surface area (Å²) in [7, 11) is 0. The highest BCUT2D eigenvalue weighted by Gasteiger charge is 2.37. The van der Waals surface area contributed by atoms with Crippen LogP contribution in [0.4, 0.5) is 39.3 Å². The Morgan fingerprint density at radius 2 is 1.84 bits per heavy atom. The zero-order valence-corrected chi connectivity index (χ0v) is 20.2. The first-order valence-corrected chi connectivity index (χ1v) is 11.2. The number of aromatic nitrogens is 2. The van der Waals surface area contributed by atoms with E-state index >= 15 is 0 Å². The number of anilines is 3. The van der Waals surface area contributed by atoms with Crippen molar-refractivity contribution in [1.29, 1.82) is 5.41 Å². The van der Waals surface area contributed by atoms with E-state index in [4.69, 9.17) is 11.1 Å². The van der Waals surface area contributed by atoms with E-state index in [-0.39, 0.29) is 29.2 Å². The molecule has 0 radical (unpaired) electrons. The zero-order chi connectivity index (χ0) is 27.9. The van der Waals surface area contributed by atoms with Gasteiger partial charge in [0.05, 0.1) is 5.56 Å². The Bertz CT molecular complexity index is 1450. The van der Waals surface area contributed by atoms with Crippen molar-refractivity contribution < 1.29 is 22.0 Å². The largest absolute Gasteiger partial charge is 0.432 e. The van der Waals surface area contributed by atoms with Crippen molar-refractivity contribution in [1.82, 2.24) is 9.97 Å². The van der Waals surface area contributed by atoms with Gasteiger partial charge in [0.25, 0.3) is 0 Å². The van der Waals surface area contributed by atoms with Crippen molar-refractivity contribution >= 4 is 23.5 Å². The van der Waals surface area contributed by atoms with E-state index in [9.17, 15) is 22.0 Å². The van der Waals surface area contributed by atoms with Gasteiger partial charge < -0.3 is 21.8 Å². The smallest absolute Gasteiger partial charge is 0.383 e. The van der Waals surface area contributed by atoms with Crippen LogP contribution < -0.4 is 16.4 Å². The predicted octanol–water partition coefficient (Wildman–Crippen LogP) is 6.19. The van der Waals surface area contributed by atoms with Crippen LogP contribution in [0.5, 0.6) is 0 Å². The number of halogens is 5. The topological polar surface area (TPSA) is 99.7 Å². The van der Waals surface area contributed by atoms with E-state index in [1.165, 1.54) is 24.4 Å². The highest BCUT2D eigenvalue weighted by atomic mass is 19.4. The molecule has 5 N–H and O–H groups in total. The molecule has 1 aromatic carbocycles. The van der Waals surface area contributed by atoms with Crippen molar-refractivity contribution in [2.24, 2.45) is 0 Å². The molecule has 38 heavy (non-hydrogen) atoms. The molecule has 0 aliphatic carbocycles. The van der Waals surface area contributed by atoms with E-state index in [2.05, 4.69) is 33.7 Å². The zero-order valence-electron chi connectivity index (χ0n) is 20.2. The highest BCUT2D eigenvalue weighted by molar-refractivity contribution is 5.86. The van der Waals surface area contributed by atoms with Crippen molar-refractivity contribution in [3.05, 3.63) is 101 Å². The normalized spacial score (nSPS) is 11.6. The molecule has 0 aliphatic rings. The van der Waals surface area contributed by atoms with E-state index in [1.54, 1.807) is 6.07 Å². The average Bonchev–Trinajstić information content (AvgIpc) is 2.85. The molecule has 0 amide bonds. The summed E-state index contributed by atoms with van der Waals surface area (Å²) in [6.07, 6.45) is -1.25. The molecule has 6 nitrogen and oxygen atoms in total. The van der Waals surface area contributed by atoms with E-state index in [0.29, 0.717) is 23.8 Å². The number of nitrogens with two attached hydrogens (primary N) is 1. The summed E-state index contributed by atoms with van der Waals surface area (Å²) in [5, 5.41) is 12.0. The fourth-order valence-corrected chi connectivity index (χ4v) is 3.40. The number of nitrogen functional groups attached to an aromatic ring is 1. The first-order chi connectivity index (χ1) is 18.0. The van der Waals surface area contributed by atoms with Crippen molar-refractivity contribution in [3.8, 4) is 11.8 Å². The second kappa shape index (κ2) is 12.0. The maximum atomic E-state index is 15.0. The molecule has 0 saturated heterocycles. The minimum absolute atomic E-state index is 0.0846. The number of nitrogens with zero attached hydrogens (tertiary/aromatic N) is 2. The Labute approximate surface area is 216 Å². The number of pyridine rings is 2. The standard InChI is InChI=1S/C27H23F5N6/c1-3-4-6-20-17(10-12-35-25(20)34)13-18-8-9-19(14-23(18)29)37-16(2)21(15-33)24(27(30,31)32)38-26-22(28)7-5-11-36-26/h5,7-12,14-15,33,37H,2-3,13H2,1H3,(H2,34,35)(H,36,38)/b24-21+,33-15?. The molecule has 11 heteroatoms. The van der Waals surface area contributed by atoms with Crippen LogP contribution in [0.25, 0.3) is 0 Å². The molecule has 0 aliphatic heterocycles. The Kier molecular flexibility index (Phi) is 8.81. The lowest BCUT2D eigenvalue weighted by Crippen LogP contribution is -2.24. The first-order valence-electron chi connectivity index (χ1n) is 11.2. The molecule has 3 rings (SSSR count). The maximum Gasteiger partial charge on any atom is 0.432 e. The summed E-state index contributed by atoms with van der Waals surface area (Å²) in [4.78, 5) is 7.58. The third kappa shape index (κ3) is 6.73. The Balaban J connectivity index is 1.88. The fraction of sp³-hybridized carbons (Fsp3) is 0.148. The lowest BCUT2D eigenvalue weighted by molar-refractivity contribution is -0.0906. The van der Waals surface area contributed by atoms with Crippen LogP contribution in [0.15, 0.2) is 72.3 Å². The van der Waals surface area contributed by atoms with E-state index < -0.39 is 34.9 Å². The average molecular weight is 527 g/mol. The lowest BCUT2D eigenvalue weighted by atomic mass is 10.00. The lowest BCUT2D eigenvalue weighted by Gasteiger charge is -2.19. The number of alkyl halides is 3. The van der Waals surface area contributed by atoms with E-state index in [0.717, 1.165) is 18.3 Å². The Morgan fingerprint density at radius 3 is 2.47 bits per heavy atom. The monoisotopic (exact) mass is 526 g/mol. The van der Waals surface area contributed by atoms with Gasteiger partial charge in [-0.2, -0.15) is 13.2 Å². The molecule has 196 valence electrons. The number of benzene rings is 1. The minimum atomic E-state index is -5.01. The number of allylic oxidation sites excluding steroid dienone is 2. The molecule has 0 atom stereocenters. The van der Waals surface area contributed by atoms with Crippen LogP contribution in [0.2, 0.25) is 0 Å². The summed E-state index contributed by atoms with van der Waals surface area (Å²) >= 11 is 0. The van der Waals surface area contributed by atoms with Gasteiger partial charge >= 0.3 is 6.18 Å². The molecule has 0 fully saturated rings. The summed E-state index contributed by atoms with van der Waals surface area (Å²) in [5.74, 6) is 3.74. The molecule has 2 heterocycles. The van der Waals surface area contributed by atoms with Crippen molar-refractivity contribution in [3.63, 3.8) is 0 Å². The van der Waals surface area contributed by atoms with Gasteiger partial charge in [-0.1, -0.05) is 31.4 Å². The summed E-state index contributed by atoms with van der Waals surface area (Å²) in [6.45, 7) is 5.43. The minimum Gasteiger partial charge on any atom is -0.383 e. The van der Waals surface area contributed by atoms with Gasteiger partial charge in [0.1, 0.15) is 17.3 Å². The molecule has 0 unspecified atom stereocenters. The number of hydrogen-bond donors (Lipinski definition) is 4. The van der Waals surface area contributed by atoms with Crippen LogP contribution in [0.3, 0.4) is 0 Å². The number of nitrogens with one attached hydrogen (secondary N) is 3. The van der Waals surface area contributed by atoms with Gasteiger partial charge in [-0.25, -0.2) is 18.7 Å². The second-order valence-corrected chi connectivity index (χ2v) is 7.86. The SMILES string of the molecule is C=C(Nc1ccc(Cc2ccnc(N)c2C#CCC)c(F)c1)/C(C=N)=C(/Nc1ncccc1F)C(F)(F)F. The van der Waals surface area contributed by atoms with Gasteiger partial charge in [0.2, 0.25) is 0 Å². The van der Waals surface area contributed by atoms with Crippen LogP contribution in [0.1, 0.15) is 30.0 Å². The summed E-state index contributed by atoms with van der Waals surface area (Å²) < 4.78 is 70.3. The third-order valence-corrected chi connectivity index (χ3v) is 5.21. The Morgan fingerprint density at radius 1 is 1.08 bits per heavy atom. The van der Waals surface area contributed by atoms with Crippen LogP contribution >= 0.6 is 0 Å². The number of rotatable bonds is 8. The quantitative estimate of drug-likeness (QED) is 0.121. The molecule has 0 saturated carbocycles. The van der Waals surface area contributed by atoms with Gasteiger partial charge in [0.15, 0.2) is 11.6 Å². The number of hydrogen-bond acceptors (Lipinski definition) is 6. The first kappa shape index (κ1) is 27.9. The molecular weight excluding hydrogens is 503 g/mol. The van der Waals surface area contributed by atoms with Crippen LogP contribution in [-0.2, 0) is 6.42 Å². The van der Waals surface area contributed by atoms with Gasteiger partial charge in [-0.15, -0.1) is 0 Å². The molecule has 3 aromatic rings. The van der Waals surface area contributed by atoms with E-state index in [1.807, 2.05) is 12.2 Å². The Hall–Kier alpha value is -4.72. The maximum absolute atomic E-state index is 15.0. The molecule has 0 bridgehead atoms. The third-order valence-electron chi connectivity index (χ3n) is 5.21. The van der Waals surface area contributed by atoms with Gasteiger partial charge in [0, 0.05) is 48.4 Å². The highest BCUT2D eigenvalue weighted by Crippen LogP contribution is 2.32. The molecule has 0 spiro atoms. The fourth-order valence-electron chi connectivity index (χ4n) is 3.40. The molecular formula is C27H23F5N6. The molecule has 2 aromatic heterocycles. The van der Waals surface area contributed by atoms with Crippen LogP contribution in [0, 0.1) is 28.9 Å². The van der Waals surface area contributed by atoms with Crippen molar-refractivity contribution in [2.45, 2.75) is 25.9 Å². The van der Waals surface area contributed by atoms with Crippen molar-refractivity contribution in [2.75, 3.05) is 16.4 Å². The van der Waals surface area contributed by atoms with Crippen LogP contribution in [-0.4, -0.2) is 22.4 Å². The summed E-state index contributed by atoms with van der Waals surface area (Å²) in [6, 6.07) is 7.83. The van der Waals surface area contributed by atoms with Gasteiger partial charge in [-0.05, 0) is 41.5 Å². The second-order valence-electron chi connectivity index (χ2n) is 7.86. The summed E-state index contributed by atoms with van der Waals surface area (Å²) in [5.41, 5.74) is 4.91. The van der Waals surface area contributed by atoms with Gasteiger partial charge in [-0.3, -0.25) is 0 Å².